The maximum absolute atomic E-state index is 12.5. The molecule has 2 aromatic carbocycles. The monoisotopic (exact) mass is 370 g/mol. The normalized spacial score (nSPS) is 10.5. The lowest BCUT2D eigenvalue weighted by Gasteiger charge is -2.09. The number of carbonyl (C=O) groups excluding carboxylic acids is 2. The van der Waals surface area contributed by atoms with E-state index < -0.39 is 11.9 Å². The van der Waals surface area contributed by atoms with Gasteiger partial charge in [-0.1, -0.05) is 41.9 Å². The van der Waals surface area contributed by atoms with Crippen LogP contribution in [0.5, 0.6) is 5.75 Å². The van der Waals surface area contributed by atoms with Crippen molar-refractivity contribution in [2.45, 2.75) is 6.61 Å². The van der Waals surface area contributed by atoms with Gasteiger partial charge < -0.3 is 15.2 Å². The van der Waals surface area contributed by atoms with Crippen LogP contribution in [0.15, 0.2) is 54.6 Å². The Morgan fingerprint density at radius 3 is 2.69 bits per heavy atom. The Bertz CT molecular complexity index is 975. The second kappa shape index (κ2) is 7.84. The third-order valence-electron chi connectivity index (χ3n) is 3.55. The van der Waals surface area contributed by atoms with E-state index in [0.29, 0.717) is 27.8 Å². The number of hydrogen-bond acceptors (Lipinski definition) is 5. The van der Waals surface area contributed by atoms with Gasteiger partial charge in [-0.15, -0.1) is 0 Å². The number of fused-ring (bicyclic) bond motifs is 1. The molecule has 0 aliphatic rings. The fourth-order valence-corrected chi connectivity index (χ4v) is 2.62. The van der Waals surface area contributed by atoms with Crippen LogP contribution in [0.3, 0.4) is 0 Å². The Kier molecular flexibility index (Phi) is 5.34. The first kappa shape index (κ1) is 17.7. The molecule has 132 valence electrons. The number of carbonyl (C=O) groups is 2. The molecule has 0 radical (unpaired) electrons. The number of pyridine rings is 1. The molecule has 0 unspecified atom stereocenters. The fraction of sp³-hybridized carbons (Fsp3) is 0.105. The Balaban J connectivity index is 1.74. The van der Waals surface area contributed by atoms with Gasteiger partial charge in [0.25, 0.3) is 5.91 Å². The number of primary amides is 1. The average molecular weight is 371 g/mol. The zero-order valence-corrected chi connectivity index (χ0v) is 14.4. The van der Waals surface area contributed by atoms with Crippen LogP contribution in [0, 0.1) is 0 Å². The number of rotatable bonds is 6. The summed E-state index contributed by atoms with van der Waals surface area (Å²) in [6.07, 6.45) is 0. The minimum atomic E-state index is -0.566. The molecule has 7 heteroatoms. The first-order valence-electron chi connectivity index (χ1n) is 7.75. The zero-order valence-electron chi connectivity index (χ0n) is 13.6. The summed E-state index contributed by atoms with van der Waals surface area (Å²) in [6.45, 7) is -0.175. The number of ether oxygens (including phenoxy) is 2. The van der Waals surface area contributed by atoms with E-state index in [1.165, 1.54) is 6.07 Å². The first-order chi connectivity index (χ1) is 12.5. The summed E-state index contributed by atoms with van der Waals surface area (Å²) in [5.41, 5.74) is 6.73. The molecule has 3 rings (SSSR count). The lowest BCUT2D eigenvalue weighted by Crippen LogP contribution is -2.20. The molecule has 0 bridgehead atoms. The standard InChI is InChI=1S/C19H15ClN2O4/c20-17-9-15(14-6-1-2-7-16(14)22-17)19(24)26-10-12-4-3-5-13(8-12)25-11-18(21)23/h1-9H,10-11H2,(H2,21,23). The molecule has 1 amide bonds. The highest BCUT2D eigenvalue weighted by molar-refractivity contribution is 6.30. The molecule has 1 heterocycles. The SMILES string of the molecule is NC(=O)COc1cccc(COC(=O)c2cc(Cl)nc3ccccc23)c1. The highest BCUT2D eigenvalue weighted by Gasteiger charge is 2.14. The number of para-hydroxylation sites is 1. The summed E-state index contributed by atoms with van der Waals surface area (Å²) < 4.78 is 10.6. The van der Waals surface area contributed by atoms with Crippen molar-refractivity contribution in [2.75, 3.05) is 6.61 Å². The van der Waals surface area contributed by atoms with Gasteiger partial charge in [0, 0.05) is 5.39 Å². The van der Waals surface area contributed by atoms with Gasteiger partial charge in [-0.25, -0.2) is 9.78 Å². The second-order valence-corrected chi connectivity index (χ2v) is 5.88. The first-order valence-corrected chi connectivity index (χ1v) is 8.13. The van der Waals surface area contributed by atoms with Crippen molar-refractivity contribution in [3.8, 4) is 5.75 Å². The van der Waals surface area contributed by atoms with Gasteiger partial charge in [-0.05, 0) is 29.8 Å². The molecule has 3 aromatic rings. The van der Waals surface area contributed by atoms with Crippen molar-refractivity contribution in [1.29, 1.82) is 0 Å². The van der Waals surface area contributed by atoms with Crippen molar-refractivity contribution in [3.05, 3.63) is 70.9 Å². The van der Waals surface area contributed by atoms with Crippen molar-refractivity contribution >= 4 is 34.4 Å². The molecule has 0 saturated heterocycles. The lowest BCUT2D eigenvalue weighted by molar-refractivity contribution is -0.119. The lowest BCUT2D eigenvalue weighted by atomic mass is 10.1. The number of halogens is 1. The molecule has 0 atom stereocenters. The van der Waals surface area contributed by atoms with Gasteiger partial charge >= 0.3 is 5.97 Å². The van der Waals surface area contributed by atoms with Gasteiger partial charge in [0.05, 0.1) is 11.1 Å². The quantitative estimate of drug-likeness (QED) is 0.531. The van der Waals surface area contributed by atoms with E-state index >= 15 is 0 Å². The molecule has 2 N–H and O–H groups in total. The Morgan fingerprint density at radius 1 is 1.08 bits per heavy atom. The molecule has 0 saturated carbocycles. The third-order valence-corrected chi connectivity index (χ3v) is 3.75. The number of amides is 1. The highest BCUT2D eigenvalue weighted by atomic mass is 35.5. The maximum Gasteiger partial charge on any atom is 0.339 e. The van der Waals surface area contributed by atoms with Gasteiger partial charge in [0.1, 0.15) is 17.5 Å². The minimum absolute atomic E-state index is 0.0425. The smallest absolute Gasteiger partial charge is 0.339 e. The van der Waals surface area contributed by atoms with E-state index in [0.717, 1.165) is 0 Å². The van der Waals surface area contributed by atoms with Crippen molar-refractivity contribution < 1.29 is 19.1 Å². The Morgan fingerprint density at radius 2 is 1.88 bits per heavy atom. The Labute approximate surface area is 154 Å². The van der Waals surface area contributed by atoms with Crippen LogP contribution in [0.25, 0.3) is 10.9 Å². The van der Waals surface area contributed by atoms with E-state index in [-0.39, 0.29) is 18.4 Å². The third kappa shape index (κ3) is 4.29. The molecule has 0 spiro atoms. The Hall–Kier alpha value is -3.12. The maximum atomic E-state index is 12.5. The van der Waals surface area contributed by atoms with E-state index in [1.54, 1.807) is 36.4 Å². The van der Waals surface area contributed by atoms with Crippen LogP contribution in [0.4, 0.5) is 0 Å². The van der Waals surface area contributed by atoms with Crippen molar-refractivity contribution in [2.24, 2.45) is 5.73 Å². The average Bonchev–Trinajstić information content (AvgIpc) is 2.64. The summed E-state index contributed by atoms with van der Waals surface area (Å²) in [5, 5.41) is 0.887. The summed E-state index contributed by atoms with van der Waals surface area (Å²) >= 11 is 5.99. The molecule has 0 aliphatic carbocycles. The summed E-state index contributed by atoms with van der Waals surface area (Å²) in [7, 11) is 0. The number of benzene rings is 2. The molecule has 0 aliphatic heterocycles. The number of esters is 1. The highest BCUT2D eigenvalue weighted by Crippen LogP contribution is 2.22. The summed E-state index contributed by atoms with van der Waals surface area (Å²) in [4.78, 5) is 27.4. The molecule has 26 heavy (non-hydrogen) atoms. The minimum Gasteiger partial charge on any atom is -0.484 e. The number of aromatic nitrogens is 1. The van der Waals surface area contributed by atoms with Gasteiger partial charge in [0.15, 0.2) is 6.61 Å². The van der Waals surface area contributed by atoms with Gasteiger partial charge in [-0.3, -0.25) is 4.79 Å². The number of nitrogens with two attached hydrogens (primary N) is 1. The molecule has 0 fully saturated rings. The van der Waals surface area contributed by atoms with Crippen LogP contribution in [0.1, 0.15) is 15.9 Å². The summed E-state index contributed by atoms with van der Waals surface area (Å²) in [5.74, 6) is -0.605. The number of hydrogen-bond donors (Lipinski definition) is 1. The van der Waals surface area contributed by atoms with Crippen LogP contribution in [-0.2, 0) is 16.1 Å². The van der Waals surface area contributed by atoms with Crippen molar-refractivity contribution in [3.63, 3.8) is 0 Å². The number of nitrogens with zero attached hydrogens (tertiary/aromatic N) is 1. The van der Waals surface area contributed by atoms with Gasteiger partial charge in [0.2, 0.25) is 0 Å². The molecule has 6 nitrogen and oxygen atoms in total. The van der Waals surface area contributed by atoms with Crippen LogP contribution < -0.4 is 10.5 Å². The second-order valence-electron chi connectivity index (χ2n) is 5.49. The summed E-state index contributed by atoms with van der Waals surface area (Å²) in [6, 6.07) is 15.6. The van der Waals surface area contributed by atoms with E-state index in [2.05, 4.69) is 4.98 Å². The molecule has 1 aromatic heterocycles. The van der Waals surface area contributed by atoms with E-state index in [4.69, 9.17) is 26.8 Å². The van der Waals surface area contributed by atoms with E-state index in [9.17, 15) is 9.59 Å². The zero-order chi connectivity index (χ0) is 18.5. The predicted octanol–water partition coefficient (Wildman–Crippen LogP) is 3.11. The predicted molar refractivity (Wildman–Crippen MR) is 97.0 cm³/mol. The topological polar surface area (TPSA) is 91.5 Å². The van der Waals surface area contributed by atoms with Crippen LogP contribution in [-0.4, -0.2) is 23.5 Å². The largest absolute Gasteiger partial charge is 0.484 e. The molecular formula is C19H15ClN2O4. The van der Waals surface area contributed by atoms with Gasteiger partial charge in [-0.2, -0.15) is 0 Å². The van der Waals surface area contributed by atoms with Crippen LogP contribution >= 0.6 is 11.6 Å². The van der Waals surface area contributed by atoms with Crippen molar-refractivity contribution in [1.82, 2.24) is 4.98 Å². The van der Waals surface area contributed by atoms with Crippen LogP contribution in [0.2, 0.25) is 5.15 Å². The fourth-order valence-electron chi connectivity index (χ4n) is 2.42. The van der Waals surface area contributed by atoms with E-state index in [1.807, 2.05) is 12.1 Å². The molecular weight excluding hydrogens is 356 g/mol.